The first-order chi connectivity index (χ1) is 16.9. The molecule has 4 atom stereocenters. The fourth-order valence-electron chi connectivity index (χ4n) is 3.30. The van der Waals surface area contributed by atoms with Gasteiger partial charge < -0.3 is 18.3 Å². The number of carbonyl (C=O) groups is 1. The number of halogens is 1. The second-order valence-corrected chi connectivity index (χ2v) is 24.8. The van der Waals surface area contributed by atoms with E-state index in [1.54, 1.807) is 20.8 Å². The molecule has 0 amide bonds. The maximum absolute atomic E-state index is 13.3. The number of nitrogens with one attached hydrogen (secondary N) is 1. The lowest BCUT2D eigenvalue weighted by Gasteiger charge is -2.41. The Bertz CT molecular complexity index is 1130. The molecule has 218 valence electrons. The van der Waals surface area contributed by atoms with Gasteiger partial charge in [0.05, 0.1) is 18.1 Å². The van der Waals surface area contributed by atoms with Gasteiger partial charge in [-0.15, -0.1) is 0 Å². The number of nitrogens with zero attached hydrogens (tertiary/aromatic N) is 1. The van der Waals surface area contributed by atoms with Crippen molar-refractivity contribution in [3.8, 4) is 0 Å². The summed E-state index contributed by atoms with van der Waals surface area (Å²) in [4.78, 5) is 39.7. The van der Waals surface area contributed by atoms with Crippen LogP contribution in [0, 0.1) is 5.41 Å². The van der Waals surface area contributed by atoms with Gasteiger partial charge in [-0.25, -0.2) is 9.36 Å². The number of hydrogen-bond acceptors (Lipinski definition) is 7. The summed E-state index contributed by atoms with van der Waals surface area (Å²) in [6, 6.07) is 1.19. The molecule has 0 saturated carbocycles. The van der Waals surface area contributed by atoms with Crippen molar-refractivity contribution in [1.29, 1.82) is 0 Å². The zero-order valence-corrected chi connectivity index (χ0v) is 28.9. The van der Waals surface area contributed by atoms with Crippen LogP contribution < -0.4 is 11.2 Å². The Kier molecular flexibility index (Phi) is 9.36. The minimum absolute atomic E-state index is 0.0408. The lowest BCUT2D eigenvalue weighted by molar-refractivity contribution is -0.275. The molecule has 1 aliphatic heterocycles. The first-order valence-electron chi connectivity index (χ1n) is 13.1. The van der Waals surface area contributed by atoms with Crippen LogP contribution in [0.5, 0.6) is 0 Å². The maximum Gasteiger partial charge on any atom is 0.333 e. The van der Waals surface area contributed by atoms with Crippen LogP contribution in [0.2, 0.25) is 36.3 Å². The molecule has 1 saturated heterocycles. The molecule has 0 radical (unpaired) electrons. The van der Waals surface area contributed by atoms with E-state index < -0.39 is 62.2 Å². The molecule has 1 aromatic heterocycles. The normalized spacial score (nSPS) is 25.5. The highest BCUT2D eigenvalue weighted by molar-refractivity contribution is 9.09. The Morgan fingerprint density at radius 2 is 1.55 bits per heavy atom. The van der Waals surface area contributed by atoms with E-state index in [0.717, 1.165) is 4.57 Å². The van der Waals surface area contributed by atoms with E-state index in [4.69, 9.17) is 18.3 Å². The molecule has 0 bridgehead atoms. The van der Waals surface area contributed by atoms with Gasteiger partial charge in [0.25, 0.3) is 5.56 Å². The SMILES string of the molecule is CC(C)(C)C(=O)O[C@@]1(n2ccc(=O)[nH]c2=O)O[C@H](CO[Si](C)(C)C(C)(C)C)[C@@H](O[Si](C)(C)C(C)(C)C)[C@H]1Br. The summed E-state index contributed by atoms with van der Waals surface area (Å²) in [6.07, 6.45) is -0.00673. The molecular weight excluding hydrogens is 588 g/mol. The number of esters is 1. The predicted octanol–water partition coefficient (Wildman–Crippen LogP) is 5.31. The average molecular weight is 636 g/mol. The molecule has 1 aliphatic rings. The Morgan fingerprint density at radius 1 is 1.03 bits per heavy atom. The van der Waals surface area contributed by atoms with E-state index in [1.807, 2.05) is 0 Å². The van der Waals surface area contributed by atoms with Crippen molar-refractivity contribution in [2.45, 2.75) is 122 Å². The van der Waals surface area contributed by atoms with Crippen LogP contribution in [0.15, 0.2) is 21.9 Å². The van der Waals surface area contributed by atoms with Crippen molar-refractivity contribution in [2.24, 2.45) is 5.41 Å². The van der Waals surface area contributed by atoms with E-state index in [2.05, 4.69) is 88.6 Å². The Hall–Kier alpha value is -1.06. The minimum atomic E-state index is -2.37. The molecule has 38 heavy (non-hydrogen) atoms. The molecule has 1 N–H and O–H groups in total. The van der Waals surface area contributed by atoms with Crippen LogP contribution in [0.3, 0.4) is 0 Å². The summed E-state index contributed by atoms with van der Waals surface area (Å²) >= 11 is 3.73. The largest absolute Gasteiger partial charge is 0.414 e. The van der Waals surface area contributed by atoms with Gasteiger partial charge in [0.1, 0.15) is 10.9 Å². The van der Waals surface area contributed by atoms with E-state index >= 15 is 0 Å². The number of hydrogen-bond donors (Lipinski definition) is 1. The molecule has 1 aromatic rings. The van der Waals surface area contributed by atoms with Crippen LogP contribution in [0.1, 0.15) is 62.3 Å². The van der Waals surface area contributed by atoms with E-state index in [-0.39, 0.29) is 16.7 Å². The van der Waals surface area contributed by atoms with Crippen molar-refractivity contribution in [3.05, 3.63) is 33.1 Å². The topological polar surface area (TPSA) is 109 Å². The Morgan fingerprint density at radius 3 is 2.00 bits per heavy atom. The van der Waals surface area contributed by atoms with Crippen molar-refractivity contribution < 1.29 is 23.1 Å². The van der Waals surface area contributed by atoms with Crippen LogP contribution >= 0.6 is 15.9 Å². The predicted molar refractivity (Wildman–Crippen MR) is 158 cm³/mol. The third kappa shape index (κ3) is 6.80. The van der Waals surface area contributed by atoms with Gasteiger partial charge >= 0.3 is 17.6 Å². The second kappa shape index (κ2) is 10.7. The summed E-state index contributed by atoms with van der Waals surface area (Å²) in [5.74, 6) is -2.49. The zero-order chi connectivity index (χ0) is 29.7. The molecule has 0 unspecified atom stereocenters. The average Bonchev–Trinajstić information content (AvgIpc) is 2.95. The Balaban J connectivity index is 2.70. The number of alkyl halides is 1. The highest BCUT2D eigenvalue weighted by atomic mass is 79.9. The van der Waals surface area contributed by atoms with Crippen LogP contribution in [-0.4, -0.2) is 55.8 Å². The molecule has 0 aromatic carbocycles. The fraction of sp³-hybridized carbons (Fsp3) is 0.808. The van der Waals surface area contributed by atoms with Gasteiger partial charge in [0, 0.05) is 12.3 Å². The molecule has 2 heterocycles. The van der Waals surface area contributed by atoms with Crippen molar-refractivity contribution >= 4 is 38.5 Å². The van der Waals surface area contributed by atoms with Crippen molar-refractivity contribution in [2.75, 3.05) is 6.61 Å². The minimum Gasteiger partial charge on any atom is -0.414 e. The summed E-state index contributed by atoms with van der Waals surface area (Å²) < 4.78 is 27.2. The van der Waals surface area contributed by atoms with Gasteiger partial charge in [-0.05, 0) is 57.0 Å². The summed E-state index contributed by atoms with van der Waals surface area (Å²) in [5, 5.41) is -0.159. The lowest BCUT2D eigenvalue weighted by atomic mass is 9.97. The number of aromatic amines is 1. The third-order valence-corrected chi connectivity index (χ3v) is 18.1. The highest BCUT2D eigenvalue weighted by Crippen LogP contribution is 2.47. The smallest absolute Gasteiger partial charge is 0.333 e. The van der Waals surface area contributed by atoms with Gasteiger partial charge in [0.2, 0.25) is 0 Å². The van der Waals surface area contributed by atoms with Crippen molar-refractivity contribution in [3.63, 3.8) is 0 Å². The second-order valence-electron chi connectivity index (χ2n) is 14.2. The summed E-state index contributed by atoms with van der Waals surface area (Å²) in [6.45, 7) is 26.8. The monoisotopic (exact) mass is 634 g/mol. The van der Waals surface area contributed by atoms with Gasteiger partial charge in [-0.2, -0.15) is 0 Å². The van der Waals surface area contributed by atoms with Gasteiger partial charge in [-0.1, -0.05) is 57.5 Å². The van der Waals surface area contributed by atoms with Crippen LogP contribution in [0.25, 0.3) is 0 Å². The Labute approximate surface area is 237 Å². The number of carbonyl (C=O) groups excluding carboxylic acids is 1. The van der Waals surface area contributed by atoms with E-state index in [0.29, 0.717) is 0 Å². The summed E-state index contributed by atoms with van der Waals surface area (Å²) in [7, 11) is -4.56. The molecule has 2 rings (SSSR count). The zero-order valence-electron chi connectivity index (χ0n) is 25.3. The molecule has 0 aliphatic carbocycles. The lowest BCUT2D eigenvalue weighted by Crippen LogP contribution is -2.54. The standard InChI is InChI=1S/C26H47BrN2O7Si2/c1-23(2,3)21(31)35-26(29-15-14-18(30)28-22(29)32)20(27)19(36-38(12,13)25(7,8)9)17(34-26)16-33-37(10,11)24(4,5)6/h14-15,17,19-20H,16H2,1-13H3,(H,28,30,32)/t17-,19-,20-,26+/m1/s1. The first kappa shape index (κ1) is 33.2. The van der Waals surface area contributed by atoms with E-state index in [9.17, 15) is 14.4 Å². The highest BCUT2D eigenvalue weighted by Gasteiger charge is 2.62. The molecule has 9 nitrogen and oxygen atoms in total. The number of H-pyrrole nitrogens is 1. The molecular formula is C26H47BrN2O7Si2. The van der Waals surface area contributed by atoms with Gasteiger partial charge in [-0.3, -0.25) is 14.6 Å². The summed E-state index contributed by atoms with van der Waals surface area (Å²) in [5.41, 5.74) is -2.22. The van der Waals surface area contributed by atoms with Gasteiger partial charge in [0.15, 0.2) is 16.6 Å². The number of ether oxygens (including phenoxy) is 2. The maximum atomic E-state index is 13.3. The van der Waals surface area contributed by atoms with Crippen molar-refractivity contribution in [1.82, 2.24) is 9.55 Å². The first-order valence-corrected chi connectivity index (χ1v) is 19.8. The van der Waals surface area contributed by atoms with Crippen LogP contribution in [0.4, 0.5) is 0 Å². The van der Waals surface area contributed by atoms with E-state index in [1.165, 1.54) is 12.3 Å². The van der Waals surface area contributed by atoms with Crippen LogP contribution in [-0.2, 0) is 29.0 Å². The number of aromatic nitrogens is 2. The molecule has 12 heteroatoms. The number of rotatable bonds is 7. The molecule has 0 spiro atoms. The quantitative estimate of drug-likeness (QED) is 0.246. The third-order valence-electron chi connectivity index (χ3n) is 7.99. The molecule has 1 fully saturated rings. The fourth-order valence-corrected chi connectivity index (χ4v) is 6.71.